The number of amides is 1. The van der Waals surface area contributed by atoms with Crippen molar-refractivity contribution in [2.75, 3.05) is 32.8 Å². The summed E-state index contributed by atoms with van der Waals surface area (Å²) >= 11 is 0. The lowest BCUT2D eigenvalue weighted by Crippen LogP contribution is -2.49. The van der Waals surface area contributed by atoms with Crippen LogP contribution in [0.4, 0.5) is 0 Å². The molecule has 4 rings (SSSR count). The molecule has 1 aliphatic rings. The van der Waals surface area contributed by atoms with Crippen LogP contribution in [0, 0.1) is 6.92 Å². The molecule has 0 saturated carbocycles. The molecule has 0 bridgehead atoms. The minimum Gasteiger partial charge on any atom is -0.452 e. The first-order valence-corrected chi connectivity index (χ1v) is 10.3. The summed E-state index contributed by atoms with van der Waals surface area (Å²) < 4.78 is 5.25. The molecule has 31 heavy (non-hydrogen) atoms. The van der Waals surface area contributed by atoms with Crippen molar-refractivity contribution in [3.8, 4) is 0 Å². The number of ether oxygens (including phenoxy) is 1. The third kappa shape index (κ3) is 5.00. The van der Waals surface area contributed by atoms with Crippen molar-refractivity contribution in [2.45, 2.75) is 13.5 Å². The van der Waals surface area contributed by atoms with Crippen LogP contribution < -0.4 is 5.56 Å². The van der Waals surface area contributed by atoms with Crippen LogP contribution in [-0.2, 0) is 16.1 Å². The van der Waals surface area contributed by atoms with Crippen molar-refractivity contribution in [3.63, 3.8) is 0 Å². The molecule has 1 N–H and O–H groups in total. The molecule has 0 atom stereocenters. The van der Waals surface area contributed by atoms with Gasteiger partial charge in [-0.05, 0) is 18.6 Å². The van der Waals surface area contributed by atoms with Crippen LogP contribution in [0.2, 0.25) is 0 Å². The number of pyridine rings is 1. The predicted octanol–water partition coefficient (Wildman–Crippen LogP) is 2.34. The van der Waals surface area contributed by atoms with Crippen LogP contribution in [0.3, 0.4) is 0 Å². The molecule has 0 spiro atoms. The Morgan fingerprint density at radius 2 is 1.77 bits per heavy atom. The number of benzene rings is 2. The average Bonchev–Trinajstić information content (AvgIpc) is 2.77. The number of aromatic nitrogens is 1. The van der Waals surface area contributed by atoms with E-state index >= 15 is 0 Å². The van der Waals surface area contributed by atoms with E-state index in [-0.39, 0.29) is 23.6 Å². The number of hydrogen-bond acceptors (Lipinski definition) is 5. The lowest BCUT2D eigenvalue weighted by atomic mass is 10.1. The number of esters is 1. The Labute approximate surface area is 180 Å². The van der Waals surface area contributed by atoms with E-state index in [1.165, 1.54) is 17.2 Å². The van der Waals surface area contributed by atoms with E-state index in [4.69, 9.17) is 4.74 Å². The maximum Gasteiger partial charge on any atom is 0.339 e. The highest BCUT2D eigenvalue weighted by Gasteiger charge is 2.23. The fourth-order valence-electron chi connectivity index (χ4n) is 3.89. The summed E-state index contributed by atoms with van der Waals surface area (Å²) in [6.07, 6.45) is 0. The molecule has 1 aromatic heterocycles. The first kappa shape index (κ1) is 20.8. The monoisotopic (exact) mass is 419 g/mol. The van der Waals surface area contributed by atoms with Gasteiger partial charge in [-0.2, -0.15) is 0 Å². The maximum atomic E-state index is 12.5. The van der Waals surface area contributed by atoms with Crippen molar-refractivity contribution < 1.29 is 14.3 Å². The van der Waals surface area contributed by atoms with Crippen LogP contribution in [0.25, 0.3) is 10.9 Å². The first-order chi connectivity index (χ1) is 15.0. The highest BCUT2D eigenvalue weighted by atomic mass is 16.5. The summed E-state index contributed by atoms with van der Waals surface area (Å²) in [5.74, 6) is -0.897. The second kappa shape index (κ2) is 9.14. The van der Waals surface area contributed by atoms with Gasteiger partial charge in [0.05, 0.1) is 5.56 Å². The van der Waals surface area contributed by atoms with Crippen LogP contribution in [0.15, 0.2) is 59.4 Å². The zero-order valence-corrected chi connectivity index (χ0v) is 17.5. The molecule has 3 aromatic rings. The number of para-hydroxylation sites is 1. The van der Waals surface area contributed by atoms with E-state index in [2.05, 4.69) is 41.1 Å². The van der Waals surface area contributed by atoms with Gasteiger partial charge in [0, 0.05) is 49.7 Å². The fraction of sp³-hybridized carbons (Fsp3) is 0.292. The van der Waals surface area contributed by atoms with Crippen LogP contribution in [-0.4, -0.2) is 59.4 Å². The van der Waals surface area contributed by atoms with Gasteiger partial charge in [-0.15, -0.1) is 0 Å². The largest absolute Gasteiger partial charge is 0.452 e. The number of aromatic amines is 1. The fourth-order valence-corrected chi connectivity index (χ4v) is 3.89. The normalized spacial score (nSPS) is 14.5. The highest BCUT2D eigenvalue weighted by Crippen LogP contribution is 2.16. The lowest BCUT2D eigenvalue weighted by Gasteiger charge is -2.34. The van der Waals surface area contributed by atoms with Crippen molar-refractivity contribution in [1.29, 1.82) is 0 Å². The van der Waals surface area contributed by atoms with Crippen LogP contribution >= 0.6 is 0 Å². The van der Waals surface area contributed by atoms with Crippen molar-refractivity contribution >= 4 is 22.8 Å². The zero-order chi connectivity index (χ0) is 21.8. The number of carbonyl (C=O) groups excluding carboxylic acids is 2. The smallest absolute Gasteiger partial charge is 0.339 e. The Morgan fingerprint density at radius 3 is 2.55 bits per heavy atom. The van der Waals surface area contributed by atoms with Crippen molar-refractivity contribution in [2.24, 2.45) is 0 Å². The number of aryl methyl sites for hydroxylation is 1. The van der Waals surface area contributed by atoms with E-state index in [9.17, 15) is 14.4 Å². The van der Waals surface area contributed by atoms with Gasteiger partial charge in [0.15, 0.2) is 6.61 Å². The second-order valence-electron chi connectivity index (χ2n) is 7.81. The molecule has 1 saturated heterocycles. The van der Waals surface area contributed by atoms with E-state index < -0.39 is 5.97 Å². The van der Waals surface area contributed by atoms with Gasteiger partial charge < -0.3 is 14.6 Å². The van der Waals surface area contributed by atoms with Crippen LogP contribution in [0.1, 0.15) is 21.5 Å². The van der Waals surface area contributed by atoms with Crippen molar-refractivity contribution in [3.05, 3.63) is 81.6 Å². The van der Waals surface area contributed by atoms with Gasteiger partial charge in [-0.1, -0.05) is 48.0 Å². The quantitative estimate of drug-likeness (QED) is 0.642. The third-order valence-corrected chi connectivity index (χ3v) is 5.51. The Morgan fingerprint density at radius 1 is 1.00 bits per heavy atom. The summed E-state index contributed by atoms with van der Waals surface area (Å²) in [6.45, 7) is 5.33. The first-order valence-electron chi connectivity index (χ1n) is 10.3. The molecular weight excluding hydrogens is 394 g/mol. The summed E-state index contributed by atoms with van der Waals surface area (Å²) in [6, 6.07) is 16.6. The van der Waals surface area contributed by atoms with Crippen LogP contribution in [0.5, 0.6) is 0 Å². The van der Waals surface area contributed by atoms with E-state index in [1.54, 1.807) is 29.2 Å². The topological polar surface area (TPSA) is 82.7 Å². The molecule has 2 heterocycles. The van der Waals surface area contributed by atoms with Gasteiger partial charge >= 0.3 is 5.97 Å². The molecule has 1 fully saturated rings. The molecular formula is C24H25N3O4. The summed E-state index contributed by atoms with van der Waals surface area (Å²) in [7, 11) is 0. The van der Waals surface area contributed by atoms with Gasteiger partial charge in [-0.25, -0.2) is 4.79 Å². The summed E-state index contributed by atoms with van der Waals surface area (Å²) in [5, 5.41) is 0.587. The number of H-pyrrole nitrogens is 1. The Balaban J connectivity index is 1.31. The van der Waals surface area contributed by atoms with E-state index in [0.717, 1.165) is 19.6 Å². The molecule has 0 unspecified atom stereocenters. The molecule has 0 aliphatic carbocycles. The van der Waals surface area contributed by atoms with Gasteiger partial charge in [-0.3, -0.25) is 14.5 Å². The summed E-state index contributed by atoms with van der Waals surface area (Å²) in [5.41, 5.74) is 2.83. The SMILES string of the molecule is Cc1cccc(CN2CCN(C(=O)COC(=O)c3cc(=O)[nH]c4ccccc34)CC2)c1. The molecule has 7 nitrogen and oxygen atoms in total. The number of nitrogens with zero attached hydrogens (tertiary/aromatic N) is 2. The highest BCUT2D eigenvalue weighted by molar-refractivity contribution is 6.03. The molecule has 7 heteroatoms. The lowest BCUT2D eigenvalue weighted by molar-refractivity contribution is -0.136. The Kier molecular flexibility index (Phi) is 6.13. The Hall–Kier alpha value is -3.45. The predicted molar refractivity (Wildman–Crippen MR) is 118 cm³/mol. The molecule has 2 aromatic carbocycles. The number of nitrogens with one attached hydrogen (secondary N) is 1. The number of rotatable bonds is 5. The summed E-state index contributed by atoms with van der Waals surface area (Å²) in [4.78, 5) is 43.6. The van der Waals surface area contributed by atoms with Crippen molar-refractivity contribution in [1.82, 2.24) is 14.8 Å². The van der Waals surface area contributed by atoms with Gasteiger partial charge in [0.2, 0.25) is 5.56 Å². The average molecular weight is 419 g/mol. The number of fused-ring (bicyclic) bond motifs is 1. The number of piperazine rings is 1. The minimum absolute atomic E-state index is 0.162. The van der Waals surface area contributed by atoms with E-state index in [0.29, 0.717) is 24.0 Å². The molecule has 0 radical (unpaired) electrons. The molecule has 1 aliphatic heterocycles. The zero-order valence-electron chi connectivity index (χ0n) is 17.5. The number of carbonyl (C=O) groups is 2. The minimum atomic E-state index is -0.672. The second-order valence-corrected chi connectivity index (χ2v) is 7.81. The standard InChI is InChI=1S/C24H25N3O4/c1-17-5-4-6-18(13-17)15-26-9-11-27(12-10-26)23(29)16-31-24(30)20-14-22(28)25-21-8-3-2-7-19(20)21/h2-8,13-14H,9-12,15-16H2,1H3,(H,25,28). The Bertz CT molecular complexity index is 1160. The van der Waals surface area contributed by atoms with E-state index in [1.807, 2.05) is 0 Å². The molecule has 1 amide bonds. The van der Waals surface area contributed by atoms with Gasteiger partial charge in [0.25, 0.3) is 5.91 Å². The third-order valence-electron chi connectivity index (χ3n) is 5.51. The maximum absolute atomic E-state index is 12.5. The molecule has 160 valence electrons. The number of hydrogen-bond donors (Lipinski definition) is 1. The van der Waals surface area contributed by atoms with Gasteiger partial charge in [0.1, 0.15) is 0 Å².